The Morgan fingerprint density at radius 3 is 1.65 bits per heavy atom. The lowest BCUT2D eigenvalue weighted by atomic mass is 10.2. The predicted octanol–water partition coefficient (Wildman–Crippen LogP) is 5.83. The SMILES string of the molecule is Cc1cc(N(c2ccccc2)c2ccccc2)sc1C. The third kappa shape index (κ3) is 2.47. The van der Waals surface area contributed by atoms with Crippen LogP contribution in [-0.2, 0) is 0 Å². The standard InChI is InChI=1S/C18H17NS/c1-14-13-18(20-15(14)2)19(16-9-5-3-6-10-16)17-11-7-4-8-12-17/h3-13H,1-2H3. The van der Waals surface area contributed by atoms with Crippen LogP contribution in [0.5, 0.6) is 0 Å². The zero-order valence-corrected chi connectivity index (χ0v) is 12.5. The molecule has 0 N–H and O–H groups in total. The summed E-state index contributed by atoms with van der Waals surface area (Å²) in [5.74, 6) is 0. The first-order chi connectivity index (χ1) is 9.75. The van der Waals surface area contributed by atoms with Crippen LogP contribution < -0.4 is 4.90 Å². The lowest BCUT2D eigenvalue weighted by molar-refractivity contribution is 1.31. The highest BCUT2D eigenvalue weighted by atomic mass is 32.1. The van der Waals surface area contributed by atoms with Gasteiger partial charge in [0.2, 0.25) is 0 Å². The molecule has 0 fully saturated rings. The molecule has 0 spiro atoms. The number of para-hydroxylation sites is 2. The molecule has 2 aromatic carbocycles. The Morgan fingerprint density at radius 2 is 1.25 bits per heavy atom. The van der Waals surface area contributed by atoms with Crippen LogP contribution in [0.15, 0.2) is 66.7 Å². The van der Waals surface area contributed by atoms with Gasteiger partial charge in [-0.05, 0) is 49.7 Å². The van der Waals surface area contributed by atoms with E-state index < -0.39 is 0 Å². The fraction of sp³-hybridized carbons (Fsp3) is 0.111. The highest BCUT2D eigenvalue weighted by molar-refractivity contribution is 7.16. The van der Waals surface area contributed by atoms with Gasteiger partial charge in [0.1, 0.15) is 5.00 Å². The van der Waals surface area contributed by atoms with Gasteiger partial charge in [0, 0.05) is 16.3 Å². The van der Waals surface area contributed by atoms with Gasteiger partial charge in [-0.25, -0.2) is 0 Å². The second-order valence-corrected chi connectivity index (χ2v) is 6.07. The van der Waals surface area contributed by atoms with Crippen LogP contribution in [0.1, 0.15) is 10.4 Å². The van der Waals surface area contributed by atoms with Crippen molar-refractivity contribution in [3.05, 3.63) is 77.2 Å². The van der Waals surface area contributed by atoms with Gasteiger partial charge in [0.05, 0.1) is 0 Å². The van der Waals surface area contributed by atoms with Crippen molar-refractivity contribution >= 4 is 27.7 Å². The maximum Gasteiger partial charge on any atom is 0.100 e. The second kappa shape index (κ2) is 5.51. The van der Waals surface area contributed by atoms with E-state index in [1.807, 2.05) is 11.3 Å². The van der Waals surface area contributed by atoms with Crippen LogP contribution in [0.2, 0.25) is 0 Å². The van der Waals surface area contributed by atoms with E-state index in [4.69, 9.17) is 0 Å². The van der Waals surface area contributed by atoms with Crippen molar-refractivity contribution < 1.29 is 0 Å². The Hall–Kier alpha value is -2.06. The Bertz CT molecular complexity index is 627. The largest absolute Gasteiger partial charge is 0.302 e. The Labute approximate surface area is 124 Å². The van der Waals surface area contributed by atoms with Crippen molar-refractivity contribution in [3.63, 3.8) is 0 Å². The Balaban J connectivity index is 2.14. The molecule has 0 radical (unpaired) electrons. The molecule has 0 bridgehead atoms. The molecule has 0 aliphatic heterocycles. The highest BCUT2D eigenvalue weighted by Crippen LogP contribution is 2.39. The van der Waals surface area contributed by atoms with E-state index in [9.17, 15) is 0 Å². The molecular formula is C18H17NS. The maximum absolute atomic E-state index is 2.31. The summed E-state index contributed by atoms with van der Waals surface area (Å²) in [4.78, 5) is 3.68. The van der Waals surface area contributed by atoms with Gasteiger partial charge in [-0.1, -0.05) is 36.4 Å². The lowest BCUT2D eigenvalue weighted by Crippen LogP contribution is -2.07. The second-order valence-electron chi connectivity index (χ2n) is 4.83. The van der Waals surface area contributed by atoms with Gasteiger partial charge in [-0.3, -0.25) is 0 Å². The molecule has 0 saturated heterocycles. The van der Waals surface area contributed by atoms with Crippen molar-refractivity contribution in [2.75, 3.05) is 4.90 Å². The number of nitrogens with zero attached hydrogens (tertiary/aromatic N) is 1. The van der Waals surface area contributed by atoms with Crippen LogP contribution in [0.3, 0.4) is 0 Å². The predicted molar refractivity (Wildman–Crippen MR) is 88.5 cm³/mol. The number of rotatable bonds is 3. The van der Waals surface area contributed by atoms with Crippen molar-refractivity contribution in [3.8, 4) is 0 Å². The molecule has 0 saturated carbocycles. The zero-order chi connectivity index (χ0) is 13.9. The minimum Gasteiger partial charge on any atom is -0.302 e. The van der Waals surface area contributed by atoms with Crippen molar-refractivity contribution in [2.45, 2.75) is 13.8 Å². The molecule has 3 aromatic rings. The van der Waals surface area contributed by atoms with Crippen LogP contribution in [0.4, 0.5) is 16.4 Å². The van der Waals surface area contributed by atoms with Crippen molar-refractivity contribution in [1.82, 2.24) is 0 Å². The van der Waals surface area contributed by atoms with Crippen molar-refractivity contribution in [2.24, 2.45) is 0 Å². The first-order valence-corrected chi connectivity index (χ1v) is 7.54. The fourth-order valence-corrected chi connectivity index (χ4v) is 3.29. The van der Waals surface area contributed by atoms with Crippen LogP contribution in [0.25, 0.3) is 0 Å². The zero-order valence-electron chi connectivity index (χ0n) is 11.7. The minimum absolute atomic E-state index is 1.19. The summed E-state index contributed by atoms with van der Waals surface area (Å²) >= 11 is 1.84. The van der Waals surface area contributed by atoms with E-state index in [0.717, 1.165) is 0 Å². The van der Waals surface area contributed by atoms with Crippen molar-refractivity contribution in [1.29, 1.82) is 0 Å². The van der Waals surface area contributed by atoms with E-state index in [2.05, 4.69) is 85.5 Å². The van der Waals surface area contributed by atoms with E-state index in [0.29, 0.717) is 0 Å². The Kier molecular flexibility index (Phi) is 3.57. The van der Waals surface area contributed by atoms with Gasteiger partial charge in [0.25, 0.3) is 0 Å². The van der Waals surface area contributed by atoms with Gasteiger partial charge >= 0.3 is 0 Å². The third-order valence-electron chi connectivity index (χ3n) is 3.40. The molecule has 1 aromatic heterocycles. The average Bonchev–Trinajstić information content (AvgIpc) is 2.81. The smallest absolute Gasteiger partial charge is 0.100 e. The molecule has 2 heteroatoms. The lowest BCUT2D eigenvalue weighted by Gasteiger charge is -2.23. The molecule has 20 heavy (non-hydrogen) atoms. The molecule has 0 amide bonds. The summed E-state index contributed by atoms with van der Waals surface area (Å²) in [5, 5.41) is 1.26. The topological polar surface area (TPSA) is 3.24 Å². The summed E-state index contributed by atoms with van der Waals surface area (Å²) in [7, 11) is 0. The summed E-state index contributed by atoms with van der Waals surface area (Å²) in [6.45, 7) is 4.35. The van der Waals surface area contributed by atoms with Gasteiger partial charge < -0.3 is 4.90 Å². The third-order valence-corrected chi connectivity index (χ3v) is 4.54. The number of anilines is 3. The van der Waals surface area contributed by atoms with E-state index in [1.165, 1.54) is 26.8 Å². The van der Waals surface area contributed by atoms with Crippen LogP contribution >= 0.6 is 11.3 Å². The normalized spacial score (nSPS) is 10.5. The molecule has 3 rings (SSSR count). The number of benzene rings is 2. The molecule has 0 aliphatic carbocycles. The molecule has 100 valence electrons. The minimum atomic E-state index is 1.19. The number of thiophene rings is 1. The molecule has 0 atom stereocenters. The monoisotopic (exact) mass is 279 g/mol. The van der Waals surface area contributed by atoms with E-state index >= 15 is 0 Å². The van der Waals surface area contributed by atoms with Crippen LogP contribution in [0, 0.1) is 13.8 Å². The number of hydrogen-bond acceptors (Lipinski definition) is 2. The quantitative estimate of drug-likeness (QED) is 0.582. The number of aryl methyl sites for hydroxylation is 2. The first-order valence-electron chi connectivity index (χ1n) is 6.73. The summed E-state index contributed by atoms with van der Waals surface area (Å²) in [6, 6.07) is 23.3. The van der Waals surface area contributed by atoms with Crippen LogP contribution in [-0.4, -0.2) is 0 Å². The molecule has 1 nitrogen and oxygen atoms in total. The maximum atomic E-state index is 2.31. The molecule has 0 unspecified atom stereocenters. The highest BCUT2D eigenvalue weighted by Gasteiger charge is 2.14. The van der Waals surface area contributed by atoms with E-state index in [1.54, 1.807) is 0 Å². The van der Waals surface area contributed by atoms with Gasteiger partial charge in [-0.2, -0.15) is 0 Å². The average molecular weight is 279 g/mol. The molecular weight excluding hydrogens is 262 g/mol. The molecule has 0 aliphatic rings. The number of hydrogen-bond donors (Lipinski definition) is 0. The van der Waals surface area contributed by atoms with Gasteiger partial charge in [0.15, 0.2) is 0 Å². The Morgan fingerprint density at radius 1 is 0.750 bits per heavy atom. The summed E-state index contributed by atoms with van der Waals surface area (Å²) in [5.41, 5.74) is 3.74. The summed E-state index contributed by atoms with van der Waals surface area (Å²) < 4.78 is 0. The summed E-state index contributed by atoms with van der Waals surface area (Å²) in [6.07, 6.45) is 0. The molecule has 1 heterocycles. The first kappa shape index (κ1) is 12.9. The van der Waals surface area contributed by atoms with E-state index in [-0.39, 0.29) is 0 Å². The van der Waals surface area contributed by atoms with Gasteiger partial charge in [-0.15, -0.1) is 11.3 Å². The fourth-order valence-electron chi connectivity index (χ4n) is 2.22.